The summed E-state index contributed by atoms with van der Waals surface area (Å²) in [6, 6.07) is 9.53. The molecule has 0 unspecified atom stereocenters. The number of rotatable bonds is 7. The maximum Gasteiger partial charge on any atom is 0.262 e. The van der Waals surface area contributed by atoms with Crippen LogP contribution in [0.25, 0.3) is 0 Å². The van der Waals surface area contributed by atoms with E-state index in [-0.39, 0.29) is 28.0 Å². The number of hydrogen-bond donors (Lipinski definition) is 2. The third-order valence-electron chi connectivity index (χ3n) is 4.36. The second kappa shape index (κ2) is 8.57. The minimum absolute atomic E-state index is 0.0323. The molecule has 0 aliphatic carbocycles. The maximum atomic E-state index is 13.9. The number of methoxy groups -OCH3 is 1. The van der Waals surface area contributed by atoms with Crippen molar-refractivity contribution < 1.29 is 27.1 Å². The largest absolute Gasteiger partial charge is 0.494 e. The SMILES string of the molecule is COc1ccc(S(=O)(=O)Nc2ccccc2C(=O)NC[C@@H]2CCCO2)cc1F. The summed E-state index contributed by atoms with van der Waals surface area (Å²) in [5.74, 6) is -1.28. The number of amides is 1. The number of ether oxygens (including phenoxy) is 2. The van der Waals surface area contributed by atoms with Crippen molar-refractivity contribution in [3.63, 3.8) is 0 Å². The molecular weight excluding hydrogens is 387 g/mol. The van der Waals surface area contributed by atoms with E-state index in [1.54, 1.807) is 12.1 Å². The summed E-state index contributed by atoms with van der Waals surface area (Å²) in [6.07, 6.45) is 1.79. The van der Waals surface area contributed by atoms with Gasteiger partial charge in [0.1, 0.15) is 0 Å². The van der Waals surface area contributed by atoms with E-state index in [4.69, 9.17) is 9.47 Å². The molecule has 1 fully saturated rings. The van der Waals surface area contributed by atoms with Crippen molar-refractivity contribution in [2.24, 2.45) is 0 Å². The lowest BCUT2D eigenvalue weighted by Gasteiger charge is -2.15. The van der Waals surface area contributed by atoms with Gasteiger partial charge in [-0.1, -0.05) is 12.1 Å². The summed E-state index contributed by atoms with van der Waals surface area (Å²) < 4.78 is 51.7. The second-order valence-corrected chi connectivity index (χ2v) is 7.97. The van der Waals surface area contributed by atoms with Gasteiger partial charge in [0.25, 0.3) is 15.9 Å². The first-order chi connectivity index (χ1) is 13.4. The first-order valence-electron chi connectivity index (χ1n) is 8.76. The van der Waals surface area contributed by atoms with Crippen LogP contribution in [0.1, 0.15) is 23.2 Å². The van der Waals surface area contributed by atoms with Gasteiger partial charge in [0.2, 0.25) is 0 Å². The van der Waals surface area contributed by atoms with Gasteiger partial charge in [-0.3, -0.25) is 9.52 Å². The molecule has 150 valence electrons. The van der Waals surface area contributed by atoms with Crippen LogP contribution in [0.2, 0.25) is 0 Å². The lowest BCUT2D eigenvalue weighted by Crippen LogP contribution is -2.32. The van der Waals surface area contributed by atoms with Crippen LogP contribution >= 0.6 is 0 Å². The number of benzene rings is 2. The van der Waals surface area contributed by atoms with Gasteiger partial charge in [-0.25, -0.2) is 12.8 Å². The summed E-state index contributed by atoms with van der Waals surface area (Å²) in [4.78, 5) is 12.2. The molecule has 7 nitrogen and oxygen atoms in total. The first kappa shape index (κ1) is 20.1. The first-order valence-corrected chi connectivity index (χ1v) is 10.2. The van der Waals surface area contributed by atoms with Gasteiger partial charge in [0.05, 0.1) is 29.4 Å². The highest BCUT2D eigenvalue weighted by Crippen LogP contribution is 2.24. The summed E-state index contributed by atoms with van der Waals surface area (Å²) >= 11 is 0. The third-order valence-corrected chi connectivity index (χ3v) is 5.73. The van der Waals surface area contributed by atoms with Crippen molar-refractivity contribution in [1.29, 1.82) is 0 Å². The molecule has 1 amide bonds. The van der Waals surface area contributed by atoms with Crippen LogP contribution in [-0.2, 0) is 14.8 Å². The van der Waals surface area contributed by atoms with E-state index in [0.717, 1.165) is 18.9 Å². The van der Waals surface area contributed by atoms with Gasteiger partial charge in [0.15, 0.2) is 11.6 Å². The molecule has 1 aliphatic heterocycles. The van der Waals surface area contributed by atoms with E-state index >= 15 is 0 Å². The Balaban J connectivity index is 1.78. The van der Waals surface area contributed by atoms with Gasteiger partial charge in [-0.05, 0) is 43.2 Å². The number of anilines is 1. The van der Waals surface area contributed by atoms with Crippen molar-refractivity contribution in [1.82, 2.24) is 5.32 Å². The smallest absolute Gasteiger partial charge is 0.262 e. The lowest BCUT2D eigenvalue weighted by molar-refractivity contribution is 0.0858. The molecule has 1 atom stereocenters. The molecule has 2 aromatic carbocycles. The number of carbonyl (C=O) groups is 1. The molecule has 1 heterocycles. The highest BCUT2D eigenvalue weighted by atomic mass is 32.2. The highest BCUT2D eigenvalue weighted by Gasteiger charge is 2.21. The zero-order chi connectivity index (χ0) is 20.1. The molecule has 0 bridgehead atoms. The Hall–Kier alpha value is -2.65. The molecule has 28 heavy (non-hydrogen) atoms. The van der Waals surface area contributed by atoms with Gasteiger partial charge < -0.3 is 14.8 Å². The Morgan fingerprint density at radius 2 is 2.07 bits per heavy atom. The fourth-order valence-corrected chi connectivity index (χ4v) is 3.99. The zero-order valence-corrected chi connectivity index (χ0v) is 16.1. The highest BCUT2D eigenvalue weighted by molar-refractivity contribution is 7.92. The van der Waals surface area contributed by atoms with E-state index in [2.05, 4.69) is 10.0 Å². The van der Waals surface area contributed by atoms with Crippen LogP contribution in [0.5, 0.6) is 5.75 Å². The number of sulfonamides is 1. The van der Waals surface area contributed by atoms with Gasteiger partial charge in [-0.2, -0.15) is 0 Å². The predicted octanol–water partition coefficient (Wildman–Crippen LogP) is 2.54. The van der Waals surface area contributed by atoms with E-state index in [1.165, 1.54) is 31.4 Å². The standard InChI is InChI=1S/C19H21FN2O5S/c1-26-18-9-8-14(11-16(18)20)28(24,25)22-17-7-3-2-6-15(17)19(23)21-12-13-5-4-10-27-13/h2-3,6-9,11,13,22H,4-5,10,12H2,1H3,(H,21,23)/t13-/m0/s1. The average molecular weight is 408 g/mol. The second-order valence-electron chi connectivity index (χ2n) is 6.29. The number of para-hydroxylation sites is 1. The fraction of sp³-hybridized carbons (Fsp3) is 0.316. The fourth-order valence-electron chi connectivity index (χ4n) is 2.90. The predicted molar refractivity (Wildman–Crippen MR) is 102 cm³/mol. The molecule has 2 aromatic rings. The van der Waals surface area contributed by atoms with Crippen LogP contribution in [-0.4, -0.2) is 40.7 Å². The molecule has 1 aliphatic rings. The van der Waals surface area contributed by atoms with Crippen LogP contribution in [0, 0.1) is 5.82 Å². The van der Waals surface area contributed by atoms with Crippen molar-refractivity contribution in [3.8, 4) is 5.75 Å². The Morgan fingerprint density at radius 1 is 1.29 bits per heavy atom. The molecule has 3 rings (SSSR count). The van der Waals surface area contributed by atoms with Crippen LogP contribution in [0.3, 0.4) is 0 Å². The minimum atomic E-state index is -4.10. The van der Waals surface area contributed by atoms with E-state index in [1.807, 2.05) is 0 Å². The number of carbonyl (C=O) groups excluding carboxylic acids is 1. The number of hydrogen-bond acceptors (Lipinski definition) is 5. The summed E-state index contributed by atoms with van der Waals surface area (Å²) in [5.41, 5.74) is 0.265. The summed E-state index contributed by atoms with van der Waals surface area (Å²) in [5, 5.41) is 2.76. The molecule has 1 saturated heterocycles. The van der Waals surface area contributed by atoms with Crippen molar-refractivity contribution in [3.05, 3.63) is 53.8 Å². The zero-order valence-electron chi connectivity index (χ0n) is 15.3. The topological polar surface area (TPSA) is 93.7 Å². The third kappa shape index (κ3) is 4.60. The average Bonchev–Trinajstić information content (AvgIpc) is 3.20. The summed E-state index contributed by atoms with van der Waals surface area (Å²) in [7, 11) is -2.81. The molecule has 0 saturated carbocycles. The molecular formula is C19H21FN2O5S. The van der Waals surface area contributed by atoms with Crippen molar-refractivity contribution in [2.45, 2.75) is 23.8 Å². The van der Waals surface area contributed by atoms with Gasteiger partial charge in [-0.15, -0.1) is 0 Å². The van der Waals surface area contributed by atoms with Crippen LogP contribution in [0.4, 0.5) is 10.1 Å². The molecule has 0 radical (unpaired) electrons. The lowest BCUT2D eigenvalue weighted by atomic mass is 10.1. The van der Waals surface area contributed by atoms with Crippen LogP contribution in [0.15, 0.2) is 47.4 Å². The normalized spacial score (nSPS) is 16.6. The number of nitrogens with one attached hydrogen (secondary N) is 2. The Bertz CT molecular complexity index is 959. The quantitative estimate of drug-likeness (QED) is 0.734. The van der Waals surface area contributed by atoms with Crippen molar-refractivity contribution >= 4 is 21.6 Å². The van der Waals surface area contributed by atoms with Gasteiger partial charge in [0, 0.05) is 13.2 Å². The summed E-state index contributed by atoms with van der Waals surface area (Å²) in [6.45, 7) is 1.03. The van der Waals surface area contributed by atoms with E-state index < -0.39 is 21.7 Å². The van der Waals surface area contributed by atoms with Crippen LogP contribution < -0.4 is 14.8 Å². The Morgan fingerprint density at radius 3 is 2.75 bits per heavy atom. The molecule has 0 aromatic heterocycles. The monoisotopic (exact) mass is 408 g/mol. The molecule has 9 heteroatoms. The van der Waals surface area contributed by atoms with Gasteiger partial charge >= 0.3 is 0 Å². The van der Waals surface area contributed by atoms with Crippen molar-refractivity contribution in [2.75, 3.05) is 25.0 Å². The number of halogens is 1. The Kier molecular flexibility index (Phi) is 6.15. The molecule has 2 N–H and O–H groups in total. The van der Waals surface area contributed by atoms with E-state index in [0.29, 0.717) is 13.2 Å². The minimum Gasteiger partial charge on any atom is -0.494 e. The maximum absolute atomic E-state index is 13.9. The molecule has 0 spiro atoms. The van der Waals surface area contributed by atoms with E-state index in [9.17, 15) is 17.6 Å². The Labute approximate surface area is 162 Å².